The van der Waals surface area contributed by atoms with Gasteiger partial charge in [-0.25, -0.2) is 4.98 Å². The summed E-state index contributed by atoms with van der Waals surface area (Å²) >= 11 is 0. The number of rotatable bonds is 5. The maximum absolute atomic E-state index is 12.5. The fourth-order valence-electron chi connectivity index (χ4n) is 2.70. The Hall–Kier alpha value is -2.88. The SMILES string of the molecule is Cc1ccc(C(NC(=O)Cc2ccccc2)c2nccn2C)cc1. The van der Waals surface area contributed by atoms with Crippen LogP contribution in [0.1, 0.15) is 28.6 Å². The normalized spacial score (nSPS) is 11.9. The van der Waals surface area contributed by atoms with Gasteiger partial charge in [-0.3, -0.25) is 4.79 Å². The first-order valence-electron chi connectivity index (χ1n) is 8.00. The maximum Gasteiger partial charge on any atom is 0.225 e. The second-order valence-corrected chi connectivity index (χ2v) is 5.97. The van der Waals surface area contributed by atoms with Crippen LogP contribution in [0.2, 0.25) is 0 Å². The number of amides is 1. The second-order valence-electron chi connectivity index (χ2n) is 5.97. The van der Waals surface area contributed by atoms with E-state index in [1.807, 2.05) is 67.2 Å². The van der Waals surface area contributed by atoms with E-state index in [2.05, 4.69) is 22.4 Å². The van der Waals surface area contributed by atoms with Gasteiger partial charge in [-0.2, -0.15) is 0 Å². The van der Waals surface area contributed by atoms with Crippen LogP contribution >= 0.6 is 0 Å². The summed E-state index contributed by atoms with van der Waals surface area (Å²) in [5.74, 6) is 0.801. The molecule has 1 aromatic heterocycles. The highest BCUT2D eigenvalue weighted by Gasteiger charge is 2.20. The molecule has 1 atom stereocenters. The lowest BCUT2D eigenvalue weighted by Crippen LogP contribution is -2.32. The highest BCUT2D eigenvalue weighted by Crippen LogP contribution is 2.21. The minimum Gasteiger partial charge on any atom is -0.342 e. The number of nitrogens with zero attached hydrogens (tertiary/aromatic N) is 2. The molecule has 4 heteroatoms. The minimum atomic E-state index is -0.262. The molecule has 0 saturated carbocycles. The lowest BCUT2D eigenvalue weighted by molar-refractivity contribution is -0.121. The van der Waals surface area contributed by atoms with Crippen LogP contribution < -0.4 is 5.32 Å². The molecule has 0 saturated heterocycles. The summed E-state index contributed by atoms with van der Waals surface area (Å²) < 4.78 is 1.94. The van der Waals surface area contributed by atoms with Crippen molar-refractivity contribution in [2.24, 2.45) is 7.05 Å². The molecule has 0 radical (unpaired) electrons. The number of hydrogen-bond acceptors (Lipinski definition) is 2. The van der Waals surface area contributed by atoms with Gasteiger partial charge in [0.05, 0.1) is 6.42 Å². The second kappa shape index (κ2) is 7.13. The number of aromatic nitrogens is 2. The predicted octanol–water partition coefficient (Wildman–Crippen LogP) is 3.18. The lowest BCUT2D eigenvalue weighted by Gasteiger charge is -2.19. The Kier molecular flexibility index (Phi) is 4.75. The van der Waals surface area contributed by atoms with Crippen molar-refractivity contribution in [3.63, 3.8) is 0 Å². The maximum atomic E-state index is 12.5. The molecule has 122 valence electrons. The van der Waals surface area contributed by atoms with Gasteiger partial charge >= 0.3 is 0 Å². The zero-order valence-corrected chi connectivity index (χ0v) is 13.9. The van der Waals surface area contributed by atoms with E-state index < -0.39 is 0 Å². The minimum absolute atomic E-state index is 0.0187. The third kappa shape index (κ3) is 3.71. The summed E-state index contributed by atoms with van der Waals surface area (Å²) in [4.78, 5) is 16.9. The Morgan fingerprint density at radius 2 is 1.83 bits per heavy atom. The standard InChI is InChI=1S/C20H21N3O/c1-15-8-10-17(11-9-15)19(20-21-12-13-23(20)2)22-18(24)14-16-6-4-3-5-7-16/h3-13,19H,14H2,1-2H3,(H,22,24). The number of imidazole rings is 1. The van der Waals surface area contributed by atoms with Gasteiger partial charge in [-0.05, 0) is 18.1 Å². The molecule has 1 heterocycles. The van der Waals surface area contributed by atoms with E-state index in [-0.39, 0.29) is 11.9 Å². The molecule has 4 nitrogen and oxygen atoms in total. The van der Waals surface area contributed by atoms with Crippen molar-refractivity contribution in [2.75, 3.05) is 0 Å². The topological polar surface area (TPSA) is 46.9 Å². The molecule has 3 aromatic rings. The Labute approximate surface area is 142 Å². The molecular formula is C20H21N3O. The molecule has 1 amide bonds. The van der Waals surface area contributed by atoms with Gasteiger partial charge < -0.3 is 9.88 Å². The van der Waals surface area contributed by atoms with Gasteiger partial charge in [0.1, 0.15) is 11.9 Å². The van der Waals surface area contributed by atoms with Crippen molar-refractivity contribution in [3.05, 3.63) is 89.5 Å². The average Bonchev–Trinajstić information content (AvgIpc) is 3.00. The lowest BCUT2D eigenvalue weighted by atomic mass is 10.0. The van der Waals surface area contributed by atoms with Gasteiger partial charge in [0.2, 0.25) is 5.91 Å². The summed E-state index contributed by atoms with van der Waals surface area (Å²) in [5, 5.41) is 3.12. The van der Waals surface area contributed by atoms with Crippen LogP contribution in [0.5, 0.6) is 0 Å². The van der Waals surface area contributed by atoms with E-state index in [4.69, 9.17) is 0 Å². The van der Waals surface area contributed by atoms with E-state index in [1.54, 1.807) is 6.20 Å². The Morgan fingerprint density at radius 1 is 1.12 bits per heavy atom. The van der Waals surface area contributed by atoms with Crippen molar-refractivity contribution >= 4 is 5.91 Å². The molecule has 2 aromatic carbocycles. The first kappa shape index (κ1) is 16.0. The Bertz CT molecular complexity index is 806. The van der Waals surface area contributed by atoms with Crippen molar-refractivity contribution < 1.29 is 4.79 Å². The quantitative estimate of drug-likeness (QED) is 0.785. The number of nitrogens with one attached hydrogen (secondary N) is 1. The molecule has 0 aliphatic rings. The molecule has 0 bridgehead atoms. The van der Waals surface area contributed by atoms with Crippen LogP contribution in [0.15, 0.2) is 67.0 Å². The van der Waals surface area contributed by atoms with Gasteiger partial charge in [-0.1, -0.05) is 60.2 Å². The van der Waals surface area contributed by atoms with Crippen LogP contribution in [0.25, 0.3) is 0 Å². The van der Waals surface area contributed by atoms with Crippen molar-refractivity contribution in [3.8, 4) is 0 Å². The van der Waals surface area contributed by atoms with Gasteiger partial charge in [0.15, 0.2) is 0 Å². The molecule has 0 aliphatic heterocycles. The zero-order chi connectivity index (χ0) is 16.9. The van der Waals surface area contributed by atoms with Crippen LogP contribution in [-0.4, -0.2) is 15.5 Å². The molecule has 24 heavy (non-hydrogen) atoms. The summed E-state index contributed by atoms with van der Waals surface area (Å²) in [5.41, 5.74) is 3.21. The van der Waals surface area contributed by atoms with Crippen molar-refractivity contribution in [1.29, 1.82) is 0 Å². The number of carbonyl (C=O) groups is 1. The third-order valence-electron chi connectivity index (χ3n) is 4.04. The highest BCUT2D eigenvalue weighted by molar-refractivity contribution is 5.79. The van der Waals surface area contributed by atoms with Gasteiger partial charge in [0, 0.05) is 19.4 Å². The monoisotopic (exact) mass is 319 g/mol. The first-order valence-corrected chi connectivity index (χ1v) is 8.00. The van der Waals surface area contributed by atoms with E-state index in [1.165, 1.54) is 5.56 Å². The molecule has 3 rings (SSSR count). The fourth-order valence-corrected chi connectivity index (χ4v) is 2.70. The van der Waals surface area contributed by atoms with Crippen LogP contribution in [0.3, 0.4) is 0 Å². The van der Waals surface area contributed by atoms with Gasteiger partial charge in [0.25, 0.3) is 0 Å². The summed E-state index contributed by atoms with van der Waals surface area (Å²) in [7, 11) is 1.94. The molecule has 1 N–H and O–H groups in total. The molecule has 0 aliphatic carbocycles. The number of hydrogen-bond donors (Lipinski definition) is 1. The fraction of sp³-hybridized carbons (Fsp3) is 0.200. The zero-order valence-electron chi connectivity index (χ0n) is 13.9. The molecule has 0 fully saturated rings. The summed E-state index contributed by atoms with van der Waals surface area (Å²) in [6.45, 7) is 2.05. The molecule has 0 spiro atoms. The largest absolute Gasteiger partial charge is 0.342 e. The van der Waals surface area contributed by atoms with E-state index in [9.17, 15) is 4.79 Å². The highest BCUT2D eigenvalue weighted by atomic mass is 16.1. The smallest absolute Gasteiger partial charge is 0.225 e. The number of aryl methyl sites for hydroxylation is 2. The van der Waals surface area contributed by atoms with Crippen LogP contribution in [0.4, 0.5) is 0 Å². The van der Waals surface area contributed by atoms with E-state index >= 15 is 0 Å². The number of carbonyl (C=O) groups excluding carboxylic acids is 1. The van der Waals surface area contributed by atoms with Crippen molar-refractivity contribution in [2.45, 2.75) is 19.4 Å². The van der Waals surface area contributed by atoms with Crippen LogP contribution in [0, 0.1) is 6.92 Å². The van der Waals surface area contributed by atoms with E-state index in [0.29, 0.717) is 6.42 Å². The summed E-state index contributed by atoms with van der Waals surface area (Å²) in [6, 6.07) is 17.7. The predicted molar refractivity (Wildman–Crippen MR) is 94.5 cm³/mol. The Balaban J connectivity index is 1.84. The third-order valence-corrected chi connectivity index (χ3v) is 4.04. The van der Waals surface area contributed by atoms with E-state index in [0.717, 1.165) is 17.0 Å². The average molecular weight is 319 g/mol. The molecule has 1 unspecified atom stereocenters. The summed E-state index contributed by atoms with van der Waals surface area (Å²) in [6.07, 6.45) is 3.99. The Morgan fingerprint density at radius 3 is 2.46 bits per heavy atom. The number of benzene rings is 2. The van der Waals surface area contributed by atoms with Crippen LogP contribution in [-0.2, 0) is 18.3 Å². The first-order chi connectivity index (χ1) is 11.6. The van der Waals surface area contributed by atoms with Gasteiger partial charge in [-0.15, -0.1) is 0 Å². The molecular weight excluding hydrogens is 298 g/mol. The van der Waals surface area contributed by atoms with Crippen molar-refractivity contribution in [1.82, 2.24) is 14.9 Å².